The number of likely N-dealkylation sites (N-methyl/N-ethyl adjacent to an activating group) is 1. The third-order valence-electron chi connectivity index (χ3n) is 3.00. The summed E-state index contributed by atoms with van der Waals surface area (Å²) >= 11 is 0. The molecule has 0 saturated carbocycles. The Bertz CT molecular complexity index is 543. The molecule has 22 heavy (non-hydrogen) atoms. The first kappa shape index (κ1) is 18.0. The largest absolute Gasteiger partial charge is 0.444 e. The second kappa shape index (κ2) is 6.37. The van der Waals surface area contributed by atoms with Gasteiger partial charge in [-0.2, -0.15) is 0 Å². The molecule has 7 heteroatoms. The highest BCUT2D eigenvalue weighted by Gasteiger charge is 2.28. The third kappa shape index (κ3) is 5.38. The van der Waals surface area contributed by atoms with E-state index in [9.17, 15) is 9.59 Å². The van der Waals surface area contributed by atoms with Gasteiger partial charge in [0.2, 0.25) is 11.8 Å². The molecule has 0 aliphatic rings. The van der Waals surface area contributed by atoms with Gasteiger partial charge in [-0.1, -0.05) is 19.0 Å². The number of carbonyl (C=O) groups excluding carboxylic acids is 2. The van der Waals surface area contributed by atoms with Gasteiger partial charge >= 0.3 is 6.09 Å². The van der Waals surface area contributed by atoms with Crippen LogP contribution in [0.25, 0.3) is 0 Å². The maximum absolute atomic E-state index is 11.7. The molecule has 0 radical (unpaired) electrons. The smallest absolute Gasteiger partial charge is 0.414 e. The van der Waals surface area contributed by atoms with Crippen LogP contribution in [0.2, 0.25) is 0 Å². The van der Waals surface area contributed by atoms with Crippen LogP contribution in [0.4, 0.5) is 10.7 Å². The normalized spacial score (nSPS) is 12.0. The highest BCUT2D eigenvalue weighted by atomic mass is 16.6. The lowest BCUT2D eigenvalue weighted by Crippen LogP contribution is -2.37. The summed E-state index contributed by atoms with van der Waals surface area (Å²) in [6, 6.07) is 1.64. The molecule has 0 fully saturated rings. The van der Waals surface area contributed by atoms with E-state index >= 15 is 0 Å². The summed E-state index contributed by atoms with van der Waals surface area (Å²) in [5.74, 6) is 0.187. The highest BCUT2D eigenvalue weighted by molar-refractivity contribution is 5.83. The molecule has 1 N–H and O–H groups in total. The van der Waals surface area contributed by atoms with Gasteiger partial charge < -0.3 is 14.2 Å². The summed E-state index contributed by atoms with van der Waals surface area (Å²) in [4.78, 5) is 24.6. The van der Waals surface area contributed by atoms with Crippen molar-refractivity contribution in [1.82, 2.24) is 10.1 Å². The van der Waals surface area contributed by atoms with Gasteiger partial charge in [0.1, 0.15) is 5.60 Å². The van der Waals surface area contributed by atoms with Crippen LogP contribution in [0.1, 0.15) is 47.2 Å². The van der Waals surface area contributed by atoms with Gasteiger partial charge in [0.05, 0.1) is 5.69 Å². The van der Waals surface area contributed by atoms with Gasteiger partial charge in [-0.25, -0.2) is 4.79 Å². The number of ether oxygens (including phenoxy) is 1. The SMILES string of the molecule is CC(=O)N(C)CC(C)(C)c1cc(NC(=O)OC(C)(C)C)on1. The number of aromatic nitrogens is 1. The molecule has 2 amide bonds. The zero-order valence-corrected chi connectivity index (χ0v) is 14.3. The molecule has 0 unspecified atom stereocenters. The number of nitrogens with one attached hydrogen (secondary N) is 1. The Morgan fingerprint density at radius 2 is 1.91 bits per heavy atom. The lowest BCUT2D eigenvalue weighted by molar-refractivity contribution is -0.128. The van der Waals surface area contributed by atoms with Crippen molar-refractivity contribution in [2.24, 2.45) is 0 Å². The zero-order valence-electron chi connectivity index (χ0n) is 14.3. The lowest BCUT2D eigenvalue weighted by atomic mass is 9.89. The van der Waals surface area contributed by atoms with Crippen molar-refractivity contribution in [3.63, 3.8) is 0 Å². The van der Waals surface area contributed by atoms with E-state index in [4.69, 9.17) is 9.26 Å². The van der Waals surface area contributed by atoms with E-state index in [2.05, 4.69) is 10.5 Å². The average Bonchev–Trinajstić information content (AvgIpc) is 2.74. The van der Waals surface area contributed by atoms with Crippen LogP contribution < -0.4 is 5.32 Å². The molecule has 0 spiro atoms. The fraction of sp³-hybridized carbons (Fsp3) is 0.667. The summed E-state index contributed by atoms with van der Waals surface area (Å²) in [6.07, 6.45) is -0.603. The van der Waals surface area contributed by atoms with Gasteiger partial charge in [-0.3, -0.25) is 10.1 Å². The molecule has 0 aliphatic heterocycles. The highest BCUT2D eigenvalue weighted by Crippen LogP contribution is 2.25. The van der Waals surface area contributed by atoms with Crippen molar-refractivity contribution >= 4 is 17.9 Å². The van der Waals surface area contributed by atoms with E-state index in [0.29, 0.717) is 12.2 Å². The number of carbonyl (C=O) groups is 2. The summed E-state index contributed by atoms with van der Waals surface area (Å²) in [6.45, 7) is 11.2. The van der Waals surface area contributed by atoms with Gasteiger partial charge in [0, 0.05) is 32.0 Å². The van der Waals surface area contributed by atoms with E-state index in [-0.39, 0.29) is 11.8 Å². The minimum absolute atomic E-state index is 0.0244. The standard InChI is InChI=1S/C15H25N3O4/c1-10(19)18(7)9-15(5,6)11-8-12(22-17-11)16-13(20)21-14(2,3)4/h8H,9H2,1-7H3,(H,16,20). The van der Waals surface area contributed by atoms with Crippen LogP contribution in [0, 0.1) is 0 Å². The molecule has 0 bridgehead atoms. The summed E-state index contributed by atoms with van der Waals surface area (Å²) in [5.41, 5.74) is -0.347. The van der Waals surface area contributed by atoms with Crippen LogP contribution in [0.5, 0.6) is 0 Å². The first-order valence-corrected chi connectivity index (χ1v) is 7.09. The van der Waals surface area contributed by atoms with Crippen molar-refractivity contribution in [2.45, 2.75) is 52.6 Å². The number of amides is 2. The van der Waals surface area contributed by atoms with E-state index in [0.717, 1.165) is 0 Å². The maximum atomic E-state index is 11.7. The molecule has 0 saturated heterocycles. The lowest BCUT2D eigenvalue weighted by Gasteiger charge is -2.27. The van der Waals surface area contributed by atoms with E-state index in [1.165, 1.54) is 6.92 Å². The predicted octanol–water partition coefficient (Wildman–Crippen LogP) is 2.78. The predicted molar refractivity (Wildman–Crippen MR) is 82.7 cm³/mol. The van der Waals surface area contributed by atoms with Crippen LogP contribution in [0.15, 0.2) is 10.6 Å². The Morgan fingerprint density at radius 1 is 1.32 bits per heavy atom. The number of anilines is 1. The Balaban J connectivity index is 2.74. The molecule has 1 heterocycles. The van der Waals surface area contributed by atoms with Gasteiger partial charge in [0.25, 0.3) is 0 Å². The van der Waals surface area contributed by atoms with E-state index < -0.39 is 17.1 Å². The molecule has 7 nitrogen and oxygen atoms in total. The van der Waals surface area contributed by atoms with Crippen molar-refractivity contribution in [1.29, 1.82) is 0 Å². The van der Waals surface area contributed by atoms with E-state index in [1.54, 1.807) is 38.8 Å². The second-order valence-electron chi connectivity index (χ2n) is 6.96. The van der Waals surface area contributed by atoms with E-state index in [1.807, 2.05) is 13.8 Å². The van der Waals surface area contributed by atoms with Crippen LogP contribution >= 0.6 is 0 Å². The Hall–Kier alpha value is -2.05. The van der Waals surface area contributed by atoms with Crippen molar-refractivity contribution in [2.75, 3.05) is 18.9 Å². The first-order chi connectivity index (χ1) is 9.90. The molecule has 0 aromatic carbocycles. The van der Waals surface area contributed by atoms with Crippen LogP contribution in [0.3, 0.4) is 0 Å². The number of hydrogen-bond acceptors (Lipinski definition) is 5. The minimum Gasteiger partial charge on any atom is -0.444 e. The van der Waals surface area contributed by atoms with Crippen molar-refractivity contribution in [3.05, 3.63) is 11.8 Å². The fourth-order valence-corrected chi connectivity index (χ4v) is 1.84. The summed E-state index contributed by atoms with van der Waals surface area (Å²) < 4.78 is 10.3. The zero-order chi connectivity index (χ0) is 17.1. The monoisotopic (exact) mass is 311 g/mol. The molecular formula is C15H25N3O4. The number of hydrogen-bond donors (Lipinski definition) is 1. The average molecular weight is 311 g/mol. The molecule has 1 aromatic rings. The molecule has 1 aromatic heterocycles. The molecule has 0 atom stereocenters. The second-order valence-corrected chi connectivity index (χ2v) is 6.96. The summed E-state index contributed by atoms with van der Waals surface area (Å²) in [7, 11) is 1.73. The van der Waals surface area contributed by atoms with Crippen molar-refractivity contribution < 1.29 is 18.8 Å². The minimum atomic E-state index is -0.603. The van der Waals surface area contributed by atoms with Crippen LogP contribution in [-0.2, 0) is 14.9 Å². The maximum Gasteiger partial charge on any atom is 0.414 e. The third-order valence-corrected chi connectivity index (χ3v) is 3.00. The Labute approximate surface area is 131 Å². The molecule has 0 aliphatic carbocycles. The summed E-state index contributed by atoms with van der Waals surface area (Å²) in [5, 5.41) is 6.46. The molecular weight excluding hydrogens is 286 g/mol. The molecule has 124 valence electrons. The number of nitrogens with zero attached hydrogens (tertiary/aromatic N) is 2. The fourth-order valence-electron chi connectivity index (χ4n) is 1.84. The first-order valence-electron chi connectivity index (χ1n) is 7.09. The van der Waals surface area contributed by atoms with Crippen LogP contribution in [-0.4, -0.2) is 41.3 Å². The Kier molecular flexibility index (Phi) is 5.22. The Morgan fingerprint density at radius 3 is 2.41 bits per heavy atom. The number of rotatable bonds is 4. The van der Waals surface area contributed by atoms with Gasteiger partial charge in [-0.15, -0.1) is 0 Å². The van der Waals surface area contributed by atoms with Gasteiger partial charge in [0.15, 0.2) is 0 Å². The topological polar surface area (TPSA) is 84.7 Å². The quantitative estimate of drug-likeness (QED) is 0.924. The van der Waals surface area contributed by atoms with Gasteiger partial charge in [-0.05, 0) is 20.8 Å². The van der Waals surface area contributed by atoms with Crippen molar-refractivity contribution in [3.8, 4) is 0 Å². The molecule has 1 rings (SSSR count).